The molecule has 2 nitrogen and oxygen atoms in total. The highest BCUT2D eigenvalue weighted by Crippen LogP contribution is 2.07. The number of nitrogens with zero attached hydrogens (tertiary/aromatic N) is 1. The molecule has 0 aliphatic rings. The van der Waals surface area contributed by atoms with Crippen molar-refractivity contribution in [2.45, 2.75) is 20.8 Å². The molecule has 5 heteroatoms. The van der Waals surface area contributed by atoms with Gasteiger partial charge >= 0.3 is 0 Å². The Kier molecular flexibility index (Phi) is 17.7. The molecule has 0 bridgehead atoms. The van der Waals surface area contributed by atoms with E-state index < -0.39 is 0 Å². The average molecular weight is 228 g/mol. The maximum atomic E-state index is 5.16. The van der Waals surface area contributed by atoms with E-state index in [0.29, 0.717) is 0 Å². The van der Waals surface area contributed by atoms with Gasteiger partial charge in [0.2, 0.25) is 0 Å². The molecular weight excluding hydrogens is 208 g/mol. The minimum absolute atomic E-state index is 0. The fourth-order valence-corrected chi connectivity index (χ4v) is 2.00. The molecule has 3 N–H and O–H groups in total. The van der Waals surface area contributed by atoms with Gasteiger partial charge in [0.05, 0.1) is 0 Å². The van der Waals surface area contributed by atoms with E-state index in [9.17, 15) is 0 Å². The molecule has 0 spiro atoms. The average Bonchev–Trinajstić information content (AvgIpc) is 1.91. The van der Waals surface area contributed by atoms with E-state index in [0.717, 1.165) is 23.2 Å². The third-order valence-corrected chi connectivity index (χ3v) is 2.70. The van der Waals surface area contributed by atoms with Gasteiger partial charge in [0.25, 0.3) is 0 Å². The van der Waals surface area contributed by atoms with Crippen molar-refractivity contribution < 1.29 is 0 Å². The Morgan fingerprint density at radius 2 is 1.67 bits per heavy atom. The summed E-state index contributed by atoms with van der Waals surface area (Å²) < 4.78 is 1.03. The Morgan fingerprint density at radius 3 is 1.92 bits per heavy atom. The zero-order chi connectivity index (χ0) is 7.98. The Morgan fingerprint density at radius 1 is 1.25 bits per heavy atom. The predicted molar refractivity (Wildman–Crippen MR) is 69.1 cm³/mol. The lowest BCUT2D eigenvalue weighted by Crippen LogP contribution is -2.26. The maximum absolute atomic E-state index is 5.16. The van der Waals surface area contributed by atoms with Crippen LogP contribution in [0.2, 0.25) is 0 Å². The van der Waals surface area contributed by atoms with E-state index in [-0.39, 0.29) is 19.6 Å². The number of thioether (sulfide) groups is 1. The van der Waals surface area contributed by atoms with Gasteiger partial charge in [0, 0.05) is 13.1 Å². The topological polar surface area (TPSA) is 38.2 Å². The van der Waals surface area contributed by atoms with Gasteiger partial charge in [0.1, 0.15) is 4.32 Å². The standard InChI is InChI=1S/C7H15NS2.H3N.H2S/c1-4-8(5-2)7(9)10-6-3;;/h4-6H2,1-3H3;1H3;1H2. The van der Waals surface area contributed by atoms with Crippen molar-refractivity contribution in [3.8, 4) is 0 Å². The molecule has 0 aromatic carbocycles. The molecule has 0 amide bonds. The molecule has 0 aromatic rings. The highest BCUT2D eigenvalue weighted by Gasteiger charge is 2.02. The van der Waals surface area contributed by atoms with Crippen molar-refractivity contribution in [3.63, 3.8) is 0 Å². The largest absolute Gasteiger partial charge is 0.358 e. The van der Waals surface area contributed by atoms with Gasteiger partial charge < -0.3 is 11.1 Å². The van der Waals surface area contributed by atoms with Crippen LogP contribution >= 0.6 is 37.5 Å². The molecule has 76 valence electrons. The minimum atomic E-state index is 0. The maximum Gasteiger partial charge on any atom is 0.136 e. The summed E-state index contributed by atoms with van der Waals surface area (Å²) in [4.78, 5) is 2.20. The number of hydrogen-bond acceptors (Lipinski definition) is 3. The van der Waals surface area contributed by atoms with Crippen LogP contribution in [0, 0.1) is 0 Å². The molecular formula is C7H20N2S3. The summed E-state index contributed by atoms with van der Waals surface area (Å²) in [6.07, 6.45) is 0. The fraction of sp³-hybridized carbons (Fsp3) is 0.857. The van der Waals surface area contributed by atoms with Crippen LogP contribution in [-0.2, 0) is 0 Å². The first-order chi connectivity index (χ1) is 4.76. The van der Waals surface area contributed by atoms with E-state index >= 15 is 0 Å². The van der Waals surface area contributed by atoms with Gasteiger partial charge in [-0.25, -0.2) is 0 Å². The minimum Gasteiger partial charge on any atom is -0.358 e. The van der Waals surface area contributed by atoms with Crippen molar-refractivity contribution in [1.29, 1.82) is 0 Å². The highest BCUT2D eigenvalue weighted by molar-refractivity contribution is 8.22. The van der Waals surface area contributed by atoms with Gasteiger partial charge in [0.15, 0.2) is 0 Å². The molecule has 0 aliphatic heterocycles. The molecule has 0 aromatic heterocycles. The normalized spacial score (nSPS) is 7.92. The van der Waals surface area contributed by atoms with Gasteiger partial charge in [-0.05, 0) is 19.6 Å². The summed E-state index contributed by atoms with van der Waals surface area (Å²) in [5, 5.41) is 0. The highest BCUT2D eigenvalue weighted by atomic mass is 32.2. The second-order valence-electron chi connectivity index (χ2n) is 1.87. The van der Waals surface area contributed by atoms with Crippen molar-refractivity contribution >= 4 is 41.8 Å². The number of rotatable bonds is 3. The van der Waals surface area contributed by atoms with Crippen LogP contribution in [0.15, 0.2) is 0 Å². The van der Waals surface area contributed by atoms with Crippen LogP contribution in [-0.4, -0.2) is 28.1 Å². The molecule has 0 unspecified atom stereocenters. The second-order valence-corrected chi connectivity index (χ2v) is 3.77. The Balaban J connectivity index is -0.000000405. The lowest BCUT2D eigenvalue weighted by molar-refractivity contribution is 0.482. The molecule has 0 rings (SSSR count). The van der Waals surface area contributed by atoms with E-state index in [2.05, 4.69) is 25.7 Å². The van der Waals surface area contributed by atoms with Gasteiger partial charge in [-0.2, -0.15) is 13.5 Å². The Bertz CT molecular complexity index is 105. The summed E-state index contributed by atoms with van der Waals surface area (Å²) in [5.74, 6) is 1.08. The monoisotopic (exact) mass is 228 g/mol. The van der Waals surface area contributed by atoms with Crippen LogP contribution in [0.25, 0.3) is 0 Å². The third kappa shape index (κ3) is 7.21. The molecule has 0 aliphatic carbocycles. The van der Waals surface area contributed by atoms with Gasteiger partial charge in [-0.1, -0.05) is 30.9 Å². The molecule has 0 saturated heterocycles. The van der Waals surface area contributed by atoms with Crippen LogP contribution in [0.4, 0.5) is 0 Å². The zero-order valence-corrected chi connectivity index (χ0v) is 10.7. The second kappa shape index (κ2) is 11.6. The summed E-state index contributed by atoms with van der Waals surface area (Å²) in [6, 6.07) is 0. The van der Waals surface area contributed by atoms with Crippen molar-refractivity contribution in [3.05, 3.63) is 0 Å². The van der Waals surface area contributed by atoms with Crippen molar-refractivity contribution in [2.75, 3.05) is 18.8 Å². The predicted octanol–water partition coefficient (Wildman–Crippen LogP) is 2.64. The van der Waals surface area contributed by atoms with Crippen LogP contribution < -0.4 is 6.15 Å². The SMILES string of the molecule is CCSC(=S)N(CC)CC.N.S. The number of thiocarbonyl (C=S) groups is 1. The van der Waals surface area contributed by atoms with E-state index in [1.807, 2.05) is 0 Å². The first kappa shape index (κ1) is 18.4. The third-order valence-electron chi connectivity index (χ3n) is 1.29. The van der Waals surface area contributed by atoms with Gasteiger partial charge in [-0.15, -0.1) is 0 Å². The molecule has 0 radical (unpaired) electrons. The van der Waals surface area contributed by atoms with Crippen LogP contribution in [0.5, 0.6) is 0 Å². The molecule has 0 heterocycles. The summed E-state index contributed by atoms with van der Waals surface area (Å²) >= 11 is 6.91. The first-order valence-corrected chi connectivity index (χ1v) is 5.07. The number of hydrogen-bond donors (Lipinski definition) is 1. The summed E-state index contributed by atoms with van der Waals surface area (Å²) in [6.45, 7) is 8.45. The summed E-state index contributed by atoms with van der Waals surface area (Å²) in [5.41, 5.74) is 0. The Labute approximate surface area is 92.5 Å². The molecule has 0 saturated carbocycles. The summed E-state index contributed by atoms with van der Waals surface area (Å²) in [7, 11) is 0. The van der Waals surface area contributed by atoms with Gasteiger partial charge in [-0.3, -0.25) is 0 Å². The van der Waals surface area contributed by atoms with Crippen molar-refractivity contribution in [2.24, 2.45) is 0 Å². The smallest absolute Gasteiger partial charge is 0.136 e. The van der Waals surface area contributed by atoms with Crippen LogP contribution in [0.1, 0.15) is 20.8 Å². The lowest BCUT2D eigenvalue weighted by Gasteiger charge is -2.20. The van der Waals surface area contributed by atoms with E-state index in [1.165, 1.54) is 0 Å². The van der Waals surface area contributed by atoms with E-state index in [4.69, 9.17) is 12.2 Å². The van der Waals surface area contributed by atoms with E-state index in [1.54, 1.807) is 11.8 Å². The Hall–Kier alpha value is 0.550. The first-order valence-electron chi connectivity index (χ1n) is 3.67. The van der Waals surface area contributed by atoms with Crippen molar-refractivity contribution in [1.82, 2.24) is 11.1 Å². The fourth-order valence-electron chi connectivity index (χ4n) is 0.697. The lowest BCUT2D eigenvalue weighted by atomic mass is 10.6. The molecule has 12 heavy (non-hydrogen) atoms. The molecule has 0 atom stereocenters. The zero-order valence-electron chi connectivity index (χ0n) is 8.09. The quantitative estimate of drug-likeness (QED) is 0.754. The molecule has 0 fully saturated rings. The van der Waals surface area contributed by atoms with Crippen LogP contribution in [0.3, 0.4) is 0 Å².